The zero-order valence-corrected chi connectivity index (χ0v) is 38.8. The van der Waals surface area contributed by atoms with Crippen LogP contribution in [0.25, 0.3) is 87.3 Å². The molecule has 0 bridgehead atoms. The van der Waals surface area contributed by atoms with Gasteiger partial charge in [0.15, 0.2) is 11.2 Å². The van der Waals surface area contributed by atoms with Crippen LogP contribution in [0.2, 0.25) is 0 Å². The van der Waals surface area contributed by atoms with Crippen molar-refractivity contribution in [3.05, 3.63) is 229 Å². The predicted octanol–water partition coefficient (Wildman–Crippen LogP) is 18.8. The van der Waals surface area contributed by atoms with Crippen molar-refractivity contribution in [2.45, 2.75) is 33.1 Å². The molecule has 0 radical (unpaired) electrons. The molecule has 0 atom stereocenters. The van der Waals surface area contributed by atoms with Crippen LogP contribution in [-0.2, 0) is 5.41 Å². The first-order valence-corrected chi connectivity index (χ1v) is 23.9. The highest BCUT2D eigenvalue weighted by molar-refractivity contribution is 6.21. The first-order chi connectivity index (χ1) is 33.8. The summed E-state index contributed by atoms with van der Waals surface area (Å²) in [7, 11) is 0. The normalized spacial score (nSPS) is 13.0. The van der Waals surface area contributed by atoms with Crippen LogP contribution in [0.4, 0.5) is 34.1 Å². The van der Waals surface area contributed by atoms with Gasteiger partial charge in [0, 0.05) is 49.7 Å². The van der Waals surface area contributed by atoms with Gasteiger partial charge >= 0.3 is 0 Å². The van der Waals surface area contributed by atoms with Gasteiger partial charge in [0.25, 0.3) is 0 Å². The largest absolute Gasteiger partial charge is 0.454 e. The Morgan fingerprint density at radius 1 is 0.348 bits per heavy atom. The zero-order valence-electron chi connectivity index (χ0n) is 38.8. The Kier molecular flexibility index (Phi) is 8.43. The molecule has 1 aliphatic carbocycles. The molecule has 11 aromatic carbocycles. The standard InChI is InChI=1S/C65H46N2O2/c1-39-15-11-17-42(35-39)66(56-25-13-23-52-48-20-7-9-27-58(48)68-63(52)56)44-30-33-46-41(37-44)29-32-54-60-50-22-6-5-19-47(50)55-38-45(31-34-51(55)62(60)65(3,4)61(46)54)67(43-18-12-16-40(2)36-43)57-26-14-24-53-49-21-8-10-28-59(49)69-64(53)57/h5-38H,1-4H3. The summed E-state index contributed by atoms with van der Waals surface area (Å²) >= 11 is 0. The van der Waals surface area contributed by atoms with Gasteiger partial charge in [-0.05, 0) is 152 Å². The van der Waals surface area contributed by atoms with Gasteiger partial charge in [-0.1, -0.05) is 147 Å². The van der Waals surface area contributed by atoms with Gasteiger partial charge in [0.2, 0.25) is 0 Å². The van der Waals surface area contributed by atoms with E-state index in [0.717, 1.165) is 78.0 Å². The lowest BCUT2D eigenvalue weighted by atomic mass is 9.77. The third-order valence-corrected chi connectivity index (χ3v) is 14.8. The molecule has 0 aliphatic heterocycles. The maximum atomic E-state index is 6.70. The van der Waals surface area contributed by atoms with Crippen LogP contribution >= 0.6 is 0 Å². The first-order valence-electron chi connectivity index (χ1n) is 23.9. The van der Waals surface area contributed by atoms with Gasteiger partial charge in [-0.15, -0.1) is 0 Å². The molecule has 2 heterocycles. The number of anilines is 6. The Bertz CT molecular complexity index is 4280. The lowest BCUT2D eigenvalue weighted by molar-refractivity contribution is 0.668. The molecule has 4 heteroatoms. The van der Waals surface area contributed by atoms with E-state index in [4.69, 9.17) is 8.83 Å². The fourth-order valence-corrected chi connectivity index (χ4v) is 11.9. The second kappa shape index (κ2) is 14.7. The number of benzene rings is 11. The number of rotatable bonds is 6. The van der Waals surface area contributed by atoms with E-state index in [1.807, 2.05) is 12.1 Å². The molecule has 0 unspecified atom stereocenters. The topological polar surface area (TPSA) is 32.8 Å². The van der Waals surface area contributed by atoms with Gasteiger partial charge in [-0.2, -0.15) is 0 Å². The van der Waals surface area contributed by atoms with Crippen LogP contribution < -0.4 is 9.80 Å². The number of furan rings is 2. The van der Waals surface area contributed by atoms with Crippen molar-refractivity contribution in [1.29, 1.82) is 0 Å². The number of hydrogen-bond donors (Lipinski definition) is 0. The Hall–Kier alpha value is -8.60. The minimum atomic E-state index is -0.318. The Morgan fingerprint density at radius 3 is 1.43 bits per heavy atom. The van der Waals surface area contributed by atoms with Gasteiger partial charge in [0.1, 0.15) is 11.2 Å². The van der Waals surface area contributed by atoms with E-state index in [9.17, 15) is 0 Å². The summed E-state index contributed by atoms with van der Waals surface area (Å²) in [6.45, 7) is 9.17. The fourth-order valence-electron chi connectivity index (χ4n) is 11.9. The average Bonchev–Trinajstić information content (AvgIpc) is 4.03. The van der Waals surface area contributed by atoms with E-state index in [2.05, 4.69) is 232 Å². The van der Waals surface area contributed by atoms with E-state index in [1.54, 1.807) is 0 Å². The van der Waals surface area contributed by atoms with Crippen molar-refractivity contribution in [2.24, 2.45) is 0 Å². The maximum absolute atomic E-state index is 6.70. The monoisotopic (exact) mass is 886 g/mol. The summed E-state index contributed by atoms with van der Waals surface area (Å²) in [4.78, 5) is 4.73. The van der Waals surface area contributed by atoms with Crippen LogP contribution in [0.15, 0.2) is 215 Å². The first kappa shape index (κ1) is 39.6. The molecule has 0 saturated carbocycles. The van der Waals surface area contributed by atoms with Crippen LogP contribution in [0, 0.1) is 13.8 Å². The van der Waals surface area contributed by atoms with Crippen molar-refractivity contribution in [2.75, 3.05) is 9.80 Å². The maximum Gasteiger partial charge on any atom is 0.159 e. The summed E-state index contributed by atoms with van der Waals surface area (Å²) in [5.74, 6) is 0. The number of hydrogen-bond acceptors (Lipinski definition) is 4. The molecule has 13 aromatic rings. The predicted molar refractivity (Wildman–Crippen MR) is 290 cm³/mol. The van der Waals surface area contributed by atoms with Crippen molar-refractivity contribution in [1.82, 2.24) is 0 Å². The fraction of sp³-hybridized carbons (Fsp3) is 0.0769. The van der Waals surface area contributed by atoms with Crippen LogP contribution in [-0.4, -0.2) is 0 Å². The number of aryl methyl sites for hydroxylation is 2. The summed E-state index contributed by atoms with van der Waals surface area (Å²) < 4.78 is 13.4. The molecular formula is C65H46N2O2. The van der Waals surface area contributed by atoms with Gasteiger partial charge in [-0.25, -0.2) is 0 Å². The smallest absolute Gasteiger partial charge is 0.159 e. The summed E-state index contributed by atoms with van der Waals surface area (Å²) in [6.07, 6.45) is 0. The van der Waals surface area contributed by atoms with E-state index < -0.39 is 0 Å². The zero-order chi connectivity index (χ0) is 46.1. The molecule has 69 heavy (non-hydrogen) atoms. The summed E-state index contributed by atoms with van der Waals surface area (Å²) in [6, 6.07) is 75.1. The van der Waals surface area contributed by atoms with Crippen molar-refractivity contribution in [3.63, 3.8) is 0 Å². The van der Waals surface area contributed by atoms with Crippen molar-refractivity contribution >= 4 is 110 Å². The van der Waals surface area contributed by atoms with Gasteiger partial charge < -0.3 is 18.6 Å². The highest BCUT2D eigenvalue weighted by Crippen LogP contribution is 2.57. The highest BCUT2D eigenvalue weighted by atomic mass is 16.3. The van der Waals surface area contributed by atoms with E-state index in [0.29, 0.717) is 0 Å². The van der Waals surface area contributed by atoms with Crippen molar-refractivity contribution in [3.8, 4) is 11.1 Å². The molecule has 1 aliphatic rings. The molecule has 0 spiro atoms. The van der Waals surface area contributed by atoms with E-state index in [1.165, 1.54) is 65.7 Å². The molecular weight excluding hydrogens is 841 g/mol. The minimum absolute atomic E-state index is 0.318. The number of fused-ring (bicyclic) bond motifs is 16. The molecule has 0 fully saturated rings. The summed E-state index contributed by atoms with van der Waals surface area (Å²) in [5, 5.41) is 11.9. The lowest BCUT2D eigenvalue weighted by Gasteiger charge is -2.28. The van der Waals surface area contributed by atoms with Gasteiger partial charge in [0.05, 0.1) is 11.4 Å². The van der Waals surface area contributed by atoms with Crippen LogP contribution in [0.5, 0.6) is 0 Å². The lowest BCUT2D eigenvalue weighted by Crippen LogP contribution is -2.16. The molecule has 328 valence electrons. The molecule has 14 rings (SSSR count). The number of para-hydroxylation sites is 4. The van der Waals surface area contributed by atoms with Gasteiger partial charge in [-0.3, -0.25) is 0 Å². The quantitative estimate of drug-likeness (QED) is 0.156. The van der Waals surface area contributed by atoms with Crippen molar-refractivity contribution < 1.29 is 8.83 Å². The third kappa shape index (κ3) is 5.82. The highest BCUT2D eigenvalue weighted by Gasteiger charge is 2.40. The SMILES string of the molecule is Cc1cccc(N(c2ccc3c4c(ccc3c2)-c2c(c3ccc(N(c5cccc(C)c5)c5cccc6c5oc5ccccc56)cc3c3ccccc23)C4(C)C)c2cccc3c2oc2ccccc23)c1. The van der Waals surface area contributed by atoms with E-state index >= 15 is 0 Å². The minimum Gasteiger partial charge on any atom is -0.454 e. The molecule has 0 amide bonds. The second-order valence-corrected chi connectivity index (χ2v) is 19.4. The molecule has 2 aromatic heterocycles. The van der Waals surface area contributed by atoms with E-state index in [-0.39, 0.29) is 5.41 Å². The average molecular weight is 887 g/mol. The molecule has 4 nitrogen and oxygen atoms in total. The van der Waals surface area contributed by atoms with Crippen LogP contribution in [0.1, 0.15) is 36.1 Å². The number of nitrogens with zero attached hydrogens (tertiary/aromatic N) is 2. The Morgan fingerprint density at radius 2 is 0.841 bits per heavy atom. The van der Waals surface area contributed by atoms with Crippen LogP contribution in [0.3, 0.4) is 0 Å². The third-order valence-electron chi connectivity index (χ3n) is 14.8. The molecule has 0 saturated heterocycles. The Labute approximate surface area is 399 Å². The molecule has 0 N–H and O–H groups in total. The summed E-state index contributed by atoms with van der Waals surface area (Å²) in [5.41, 5.74) is 17.3. The Balaban J connectivity index is 0.955. The second-order valence-electron chi connectivity index (χ2n) is 19.4.